The van der Waals surface area contributed by atoms with E-state index in [1.165, 1.54) is 12.1 Å². The first-order valence-electron chi connectivity index (χ1n) is 8.36. The summed E-state index contributed by atoms with van der Waals surface area (Å²) in [6.45, 7) is 3.94. The summed E-state index contributed by atoms with van der Waals surface area (Å²) >= 11 is 0. The number of nitrogens with zero attached hydrogens (tertiary/aromatic N) is 3. The average molecular weight is 331 g/mol. The van der Waals surface area contributed by atoms with Crippen LogP contribution in [0.3, 0.4) is 0 Å². The molecule has 0 unspecified atom stereocenters. The van der Waals surface area contributed by atoms with E-state index in [-0.39, 0.29) is 11.9 Å². The number of halogens is 1. The molecule has 1 aliphatic rings. The minimum absolute atomic E-state index is 0.317. The fourth-order valence-electron chi connectivity index (χ4n) is 2.73. The lowest BCUT2D eigenvalue weighted by Gasteiger charge is -2.17. The number of hydrogen-bond acceptors (Lipinski definition) is 5. The first-order valence-corrected chi connectivity index (χ1v) is 8.36. The van der Waals surface area contributed by atoms with Crippen molar-refractivity contribution in [2.75, 3.05) is 24.6 Å². The molecule has 1 saturated heterocycles. The van der Waals surface area contributed by atoms with Crippen LogP contribution in [0.5, 0.6) is 5.75 Å². The van der Waals surface area contributed by atoms with Gasteiger partial charge in [-0.3, -0.25) is 0 Å². The van der Waals surface area contributed by atoms with E-state index in [0.717, 1.165) is 31.6 Å². The molecule has 0 aliphatic carbocycles. The second-order valence-electron chi connectivity index (χ2n) is 5.97. The van der Waals surface area contributed by atoms with Crippen molar-refractivity contribution in [2.24, 2.45) is 0 Å². The Kier molecular flexibility index (Phi) is 5.25. The van der Waals surface area contributed by atoms with E-state index >= 15 is 0 Å². The molecule has 2 heterocycles. The number of unbranched alkanes of at least 4 members (excludes halogenated alkanes) is 1. The quantitative estimate of drug-likeness (QED) is 0.825. The van der Waals surface area contributed by atoms with Crippen LogP contribution in [0.2, 0.25) is 0 Å². The number of aromatic nitrogens is 2. The second-order valence-corrected chi connectivity index (χ2v) is 5.97. The second kappa shape index (κ2) is 7.57. The maximum absolute atomic E-state index is 13.6. The predicted octanol–water partition coefficient (Wildman–Crippen LogP) is 3.03. The molecule has 6 heteroatoms. The monoisotopic (exact) mass is 331 g/mol. The smallest absolute Gasteiger partial charge is 0.165 e. The van der Waals surface area contributed by atoms with Gasteiger partial charge in [0.05, 0.1) is 18.3 Å². The van der Waals surface area contributed by atoms with Crippen LogP contribution in [0.25, 0.3) is 11.4 Å². The fraction of sp³-hybridized carbons (Fsp3) is 0.444. The van der Waals surface area contributed by atoms with Crippen molar-refractivity contribution < 1.29 is 14.2 Å². The van der Waals surface area contributed by atoms with Gasteiger partial charge < -0.3 is 14.7 Å². The summed E-state index contributed by atoms with van der Waals surface area (Å²) in [6, 6.07) is 6.23. The zero-order valence-corrected chi connectivity index (χ0v) is 13.8. The van der Waals surface area contributed by atoms with Gasteiger partial charge in [0.2, 0.25) is 0 Å². The Hall–Kier alpha value is -2.21. The van der Waals surface area contributed by atoms with Crippen molar-refractivity contribution in [3.8, 4) is 17.1 Å². The van der Waals surface area contributed by atoms with E-state index in [1.54, 1.807) is 12.3 Å². The van der Waals surface area contributed by atoms with Crippen LogP contribution in [0.4, 0.5) is 10.2 Å². The third-order valence-corrected chi connectivity index (χ3v) is 4.07. The molecule has 1 N–H and O–H groups in total. The molecule has 5 nitrogen and oxygen atoms in total. The lowest BCUT2D eigenvalue weighted by Crippen LogP contribution is -2.22. The van der Waals surface area contributed by atoms with Gasteiger partial charge in [-0.2, -0.15) is 0 Å². The number of anilines is 1. The molecule has 1 aliphatic heterocycles. The summed E-state index contributed by atoms with van der Waals surface area (Å²) < 4.78 is 19.3. The van der Waals surface area contributed by atoms with Crippen LogP contribution >= 0.6 is 0 Å². The summed E-state index contributed by atoms with van der Waals surface area (Å²) in [5, 5.41) is 9.70. The van der Waals surface area contributed by atoms with Crippen molar-refractivity contribution in [3.05, 3.63) is 36.3 Å². The number of β-amino-alcohol motifs (C(OH)–C–C–N with tert-alkyl or cyclic N) is 1. The van der Waals surface area contributed by atoms with Crippen LogP contribution < -0.4 is 9.64 Å². The standard InChI is InChI=1S/C18H22FN3O2/c1-2-3-10-24-16-11-13(19)4-5-15(16)18-20-8-6-17(21-18)22-9-7-14(23)12-22/h4-6,8,11,14,23H,2-3,7,9-10,12H2,1H3/t14-/m0/s1. The Morgan fingerprint density at radius 2 is 2.25 bits per heavy atom. The van der Waals surface area contributed by atoms with Crippen LogP contribution in [0.1, 0.15) is 26.2 Å². The van der Waals surface area contributed by atoms with E-state index in [0.29, 0.717) is 30.3 Å². The molecule has 0 radical (unpaired) electrons. The predicted molar refractivity (Wildman–Crippen MR) is 90.7 cm³/mol. The molecule has 128 valence electrons. The van der Waals surface area contributed by atoms with Crippen LogP contribution in [0, 0.1) is 5.82 Å². The zero-order chi connectivity index (χ0) is 16.9. The third kappa shape index (κ3) is 3.82. The van der Waals surface area contributed by atoms with Crippen LogP contribution in [-0.2, 0) is 0 Å². The maximum atomic E-state index is 13.6. The largest absolute Gasteiger partial charge is 0.493 e. The van der Waals surface area contributed by atoms with Gasteiger partial charge >= 0.3 is 0 Å². The molecule has 1 atom stereocenters. The normalized spacial score (nSPS) is 17.3. The van der Waals surface area contributed by atoms with E-state index in [1.807, 2.05) is 11.0 Å². The molecular weight excluding hydrogens is 309 g/mol. The summed E-state index contributed by atoms with van der Waals surface area (Å²) in [5.41, 5.74) is 0.675. The number of hydrogen-bond donors (Lipinski definition) is 1. The Balaban J connectivity index is 1.88. The zero-order valence-electron chi connectivity index (χ0n) is 13.8. The average Bonchev–Trinajstić information content (AvgIpc) is 3.02. The lowest BCUT2D eigenvalue weighted by molar-refractivity contribution is 0.198. The number of ether oxygens (including phenoxy) is 1. The summed E-state index contributed by atoms with van der Waals surface area (Å²) in [7, 11) is 0. The van der Waals surface area contributed by atoms with E-state index in [2.05, 4.69) is 16.9 Å². The van der Waals surface area contributed by atoms with Gasteiger partial charge in [-0.1, -0.05) is 13.3 Å². The molecular formula is C18H22FN3O2. The minimum atomic E-state index is -0.343. The highest BCUT2D eigenvalue weighted by Gasteiger charge is 2.22. The Morgan fingerprint density at radius 3 is 3.00 bits per heavy atom. The minimum Gasteiger partial charge on any atom is -0.493 e. The van der Waals surface area contributed by atoms with Crippen molar-refractivity contribution in [2.45, 2.75) is 32.3 Å². The molecule has 24 heavy (non-hydrogen) atoms. The highest BCUT2D eigenvalue weighted by molar-refractivity contribution is 5.65. The van der Waals surface area contributed by atoms with Crippen molar-refractivity contribution in [3.63, 3.8) is 0 Å². The molecule has 1 aromatic carbocycles. The van der Waals surface area contributed by atoms with Gasteiger partial charge in [-0.15, -0.1) is 0 Å². The Morgan fingerprint density at radius 1 is 1.38 bits per heavy atom. The molecule has 0 amide bonds. The van der Waals surface area contributed by atoms with Gasteiger partial charge in [0.25, 0.3) is 0 Å². The number of rotatable bonds is 6. The molecule has 1 fully saturated rings. The van der Waals surface area contributed by atoms with Crippen LogP contribution in [0.15, 0.2) is 30.5 Å². The number of aliphatic hydroxyl groups excluding tert-OH is 1. The van der Waals surface area contributed by atoms with Crippen LogP contribution in [-0.4, -0.2) is 40.9 Å². The van der Waals surface area contributed by atoms with E-state index < -0.39 is 0 Å². The first-order chi connectivity index (χ1) is 11.7. The SMILES string of the molecule is CCCCOc1cc(F)ccc1-c1nccc(N2CC[C@H](O)C2)n1. The molecule has 3 rings (SSSR count). The third-order valence-electron chi connectivity index (χ3n) is 4.07. The van der Waals surface area contributed by atoms with Gasteiger partial charge in [-0.05, 0) is 31.0 Å². The highest BCUT2D eigenvalue weighted by Crippen LogP contribution is 2.30. The molecule has 2 aromatic rings. The van der Waals surface area contributed by atoms with Crippen molar-refractivity contribution in [1.29, 1.82) is 0 Å². The van der Waals surface area contributed by atoms with Gasteiger partial charge in [0.1, 0.15) is 17.4 Å². The Bertz CT molecular complexity index is 696. The van der Waals surface area contributed by atoms with E-state index in [4.69, 9.17) is 4.74 Å². The highest BCUT2D eigenvalue weighted by atomic mass is 19.1. The molecule has 0 bridgehead atoms. The fourth-order valence-corrected chi connectivity index (χ4v) is 2.73. The summed E-state index contributed by atoms with van der Waals surface area (Å²) in [6.07, 6.45) is 4.02. The molecule has 0 spiro atoms. The maximum Gasteiger partial charge on any atom is 0.165 e. The van der Waals surface area contributed by atoms with Gasteiger partial charge in [0.15, 0.2) is 5.82 Å². The summed E-state index contributed by atoms with van der Waals surface area (Å²) in [4.78, 5) is 10.9. The van der Waals surface area contributed by atoms with Crippen molar-refractivity contribution in [1.82, 2.24) is 9.97 Å². The summed E-state index contributed by atoms with van der Waals surface area (Å²) in [5.74, 6) is 1.38. The molecule has 1 aromatic heterocycles. The first kappa shape index (κ1) is 16.6. The van der Waals surface area contributed by atoms with Gasteiger partial charge in [0, 0.05) is 25.4 Å². The topological polar surface area (TPSA) is 58.5 Å². The lowest BCUT2D eigenvalue weighted by atomic mass is 10.2. The van der Waals surface area contributed by atoms with E-state index in [9.17, 15) is 9.50 Å². The van der Waals surface area contributed by atoms with Crippen molar-refractivity contribution >= 4 is 5.82 Å². The molecule has 0 saturated carbocycles. The Labute approximate surface area is 141 Å². The number of benzene rings is 1. The number of aliphatic hydroxyl groups is 1. The van der Waals surface area contributed by atoms with Gasteiger partial charge in [-0.25, -0.2) is 14.4 Å².